The first-order valence-electron chi connectivity index (χ1n) is 17.7. The molecule has 18 heteroatoms. The number of rotatable bonds is 12. The quantitative estimate of drug-likeness (QED) is 0.0869. The molecule has 4 N–H and O–H groups in total. The number of para-hydroxylation sites is 2. The molecule has 0 aliphatic carbocycles. The molecular formula is C40H43F6IN2O9. The minimum Gasteiger partial charge on any atom is -0.488 e. The monoisotopic (exact) mass is 936 g/mol. The average Bonchev–Trinajstić information content (AvgIpc) is 3.89. The molecular weight excluding hydrogens is 893 g/mol. The van der Waals surface area contributed by atoms with E-state index < -0.39 is 35.6 Å². The molecule has 6 rings (SSSR count). The number of benzene rings is 4. The highest BCUT2D eigenvalue weighted by molar-refractivity contribution is 14.0. The molecule has 0 spiro atoms. The first-order valence-corrected chi connectivity index (χ1v) is 17.7. The molecule has 0 bridgehead atoms. The van der Waals surface area contributed by atoms with Crippen LogP contribution >= 0.6 is 24.0 Å². The highest BCUT2D eigenvalue weighted by atomic mass is 127. The summed E-state index contributed by atoms with van der Waals surface area (Å²) in [6, 6.07) is 23.7. The van der Waals surface area contributed by atoms with E-state index in [1.807, 2.05) is 0 Å². The maximum Gasteiger partial charge on any atom is 0.419 e. The molecule has 0 radical (unpaired) electrons. The minimum atomic E-state index is -4.50. The van der Waals surface area contributed by atoms with Crippen LogP contribution in [0.15, 0.2) is 97.1 Å². The van der Waals surface area contributed by atoms with Gasteiger partial charge in [0.05, 0.1) is 30.9 Å². The maximum absolute atomic E-state index is 13.1. The zero-order valence-electron chi connectivity index (χ0n) is 30.9. The largest absolute Gasteiger partial charge is 0.488 e. The predicted octanol–water partition coefficient (Wildman–Crippen LogP) is 6.96. The van der Waals surface area contributed by atoms with Crippen molar-refractivity contribution >= 4 is 35.9 Å². The Kier molecular flexibility index (Phi) is 18.8. The van der Waals surface area contributed by atoms with Crippen molar-refractivity contribution in [1.29, 1.82) is 0 Å². The summed E-state index contributed by atoms with van der Waals surface area (Å²) in [6.07, 6.45) is -8.33. The number of carboxylic acids is 1. The van der Waals surface area contributed by atoms with Crippen molar-refractivity contribution in [2.24, 2.45) is 0 Å². The zero-order valence-corrected chi connectivity index (χ0v) is 33.2. The van der Waals surface area contributed by atoms with Gasteiger partial charge in [0.2, 0.25) is 0 Å². The first kappa shape index (κ1) is 47.6. The topological polar surface area (TPSA) is 147 Å². The smallest absolute Gasteiger partial charge is 0.419 e. The zero-order chi connectivity index (χ0) is 41.4. The van der Waals surface area contributed by atoms with Crippen LogP contribution in [0.3, 0.4) is 0 Å². The Morgan fingerprint density at radius 2 is 1.14 bits per heavy atom. The summed E-state index contributed by atoms with van der Waals surface area (Å²) >= 11 is 0. The third kappa shape index (κ3) is 15.5. The number of carbonyl (C=O) groups excluding carboxylic acids is 1. The Bertz CT molecular complexity index is 1860. The van der Waals surface area contributed by atoms with E-state index in [4.69, 9.17) is 34.3 Å². The van der Waals surface area contributed by atoms with Crippen LogP contribution in [-0.2, 0) is 35.2 Å². The summed E-state index contributed by atoms with van der Waals surface area (Å²) in [7, 11) is 0. The minimum absolute atomic E-state index is 0. The SMILES string of the molecule is FC(F)(F)c1ccccc1OC1CCNC1.I.O=C(COc1ccc(CO)cc1)N1CCC(Oc2ccccc2C(F)(F)F)C1.O=C(O)COc1ccc(CO)cc1. The van der Waals surface area contributed by atoms with Crippen molar-refractivity contribution < 1.29 is 70.2 Å². The molecule has 2 aliphatic rings. The molecule has 4 aromatic carbocycles. The second-order valence-corrected chi connectivity index (χ2v) is 12.7. The number of nitrogens with zero attached hydrogens (tertiary/aromatic N) is 1. The molecule has 4 aromatic rings. The van der Waals surface area contributed by atoms with Gasteiger partial charge in [0.25, 0.3) is 5.91 Å². The second-order valence-electron chi connectivity index (χ2n) is 12.7. The van der Waals surface area contributed by atoms with Crippen molar-refractivity contribution in [2.75, 3.05) is 39.4 Å². The molecule has 0 aromatic heterocycles. The fourth-order valence-corrected chi connectivity index (χ4v) is 5.51. The predicted molar refractivity (Wildman–Crippen MR) is 209 cm³/mol. The number of alkyl halides is 6. The van der Waals surface area contributed by atoms with E-state index in [0.717, 1.165) is 36.2 Å². The molecule has 2 atom stereocenters. The molecule has 58 heavy (non-hydrogen) atoms. The number of likely N-dealkylation sites (tertiary alicyclic amines) is 1. The summed E-state index contributed by atoms with van der Waals surface area (Å²) in [6.45, 7) is 1.36. The van der Waals surface area contributed by atoms with Gasteiger partial charge in [-0.1, -0.05) is 48.5 Å². The van der Waals surface area contributed by atoms with Gasteiger partial charge in [-0.05, 0) is 72.6 Å². The van der Waals surface area contributed by atoms with Crippen molar-refractivity contribution in [2.45, 2.75) is 50.6 Å². The van der Waals surface area contributed by atoms with Crippen molar-refractivity contribution in [1.82, 2.24) is 10.2 Å². The van der Waals surface area contributed by atoms with Gasteiger partial charge >= 0.3 is 18.3 Å². The number of aliphatic hydroxyl groups is 2. The van der Waals surface area contributed by atoms with E-state index in [9.17, 15) is 35.9 Å². The standard InChI is InChI=1S/C20H20F3NO4.C11H12F3NO.C9H10O4.HI/c21-20(22,23)17-3-1-2-4-18(17)28-16-9-10-24(11-16)19(26)13-27-15-7-5-14(12-25)6-8-15;12-11(13,14)9-3-1-2-4-10(9)16-8-5-6-15-7-8;10-5-7-1-3-8(4-2-7)13-6-9(11)12;/h1-8,16,25H,9-13H2;1-4,8,15H,5-7H2;1-4,10H,5-6H2,(H,11,12);1H. The van der Waals surface area contributed by atoms with Crippen LogP contribution in [-0.4, -0.2) is 83.7 Å². The molecule has 1 amide bonds. The average molecular weight is 937 g/mol. The third-order valence-corrected chi connectivity index (χ3v) is 8.42. The normalized spacial score (nSPS) is 16.1. The van der Waals surface area contributed by atoms with E-state index >= 15 is 0 Å². The fraction of sp³-hybridized carbons (Fsp3) is 0.350. The molecule has 2 heterocycles. The number of aliphatic carboxylic acids is 1. The van der Waals surface area contributed by atoms with E-state index in [-0.39, 0.29) is 80.5 Å². The Labute approximate surface area is 347 Å². The third-order valence-electron chi connectivity index (χ3n) is 8.42. The fourth-order valence-electron chi connectivity index (χ4n) is 5.51. The molecule has 2 unspecified atom stereocenters. The lowest BCUT2D eigenvalue weighted by molar-refractivity contribution is -0.140. The number of halogens is 7. The molecule has 2 fully saturated rings. The summed E-state index contributed by atoms with van der Waals surface area (Å²) < 4.78 is 98.3. The van der Waals surface area contributed by atoms with E-state index in [1.165, 1.54) is 35.2 Å². The Hall–Kier alpha value is -4.79. The number of carbonyl (C=O) groups is 2. The summed E-state index contributed by atoms with van der Waals surface area (Å²) in [5.74, 6) is -0.595. The summed E-state index contributed by atoms with van der Waals surface area (Å²) in [4.78, 5) is 23.9. The number of ether oxygens (including phenoxy) is 4. The van der Waals surface area contributed by atoms with Gasteiger partial charge in [-0.2, -0.15) is 26.3 Å². The van der Waals surface area contributed by atoms with Gasteiger partial charge in [-0.3, -0.25) is 4.79 Å². The lowest BCUT2D eigenvalue weighted by atomic mass is 10.2. The number of nitrogens with one attached hydrogen (secondary N) is 1. The Balaban J connectivity index is 0.000000254. The van der Waals surface area contributed by atoms with Crippen LogP contribution < -0.4 is 24.3 Å². The van der Waals surface area contributed by atoms with Crippen molar-refractivity contribution in [3.63, 3.8) is 0 Å². The van der Waals surface area contributed by atoms with Gasteiger partial charge in [0, 0.05) is 19.5 Å². The van der Waals surface area contributed by atoms with Gasteiger partial charge in [0.15, 0.2) is 13.2 Å². The summed E-state index contributed by atoms with van der Waals surface area (Å²) in [5, 5.41) is 29.1. The van der Waals surface area contributed by atoms with Gasteiger partial charge in [-0.15, -0.1) is 24.0 Å². The van der Waals surface area contributed by atoms with Crippen LogP contribution in [0.25, 0.3) is 0 Å². The first-order chi connectivity index (χ1) is 27.2. The number of amides is 1. The molecule has 0 saturated carbocycles. The van der Waals surface area contributed by atoms with Crippen LogP contribution in [0, 0.1) is 0 Å². The molecule has 2 aliphatic heterocycles. The van der Waals surface area contributed by atoms with E-state index in [0.29, 0.717) is 31.0 Å². The number of hydrogen-bond acceptors (Lipinski definition) is 9. The second kappa shape index (κ2) is 23.0. The van der Waals surface area contributed by atoms with Gasteiger partial charge < -0.3 is 44.5 Å². The lowest BCUT2D eigenvalue weighted by Gasteiger charge is -2.19. The highest BCUT2D eigenvalue weighted by Crippen LogP contribution is 2.38. The van der Waals surface area contributed by atoms with Gasteiger partial charge in [-0.25, -0.2) is 4.79 Å². The van der Waals surface area contributed by atoms with Crippen molar-refractivity contribution in [3.05, 3.63) is 119 Å². The van der Waals surface area contributed by atoms with Crippen LogP contribution in [0.4, 0.5) is 26.3 Å². The molecule has 2 saturated heterocycles. The van der Waals surface area contributed by atoms with Crippen molar-refractivity contribution in [3.8, 4) is 23.0 Å². The Morgan fingerprint density at radius 1 is 0.672 bits per heavy atom. The lowest BCUT2D eigenvalue weighted by Crippen LogP contribution is -2.34. The molecule has 11 nitrogen and oxygen atoms in total. The van der Waals surface area contributed by atoms with Crippen LogP contribution in [0.1, 0.15) is 35.1 Å². The highest BCUT2D eigenvalue weighted by Gasteiger charge is 2.36. The van der Waals surface area contributed by atoms with E-state index in [2.05, 4.69) is 5.32 Å². The maximum atomic E-state index is 13.1. The number of carboxylic acid groups (broad SMARTS) is 1. The molecule has 316 valence electrons. The number of aliphatic hydroxyl groups excluding tert-OH is 2. The van der Waals surface area contributed by atoms with Gasteiger partial charge in [0.1, 0.15) is 35.2 Å². The van der Waals surface area contributed by atoms with E-state index in [1.54, 1.807) is 54.6 Å². The van der Waals surface area contributed by atoms with Crippen LogP contribution in [0.2, 0.25) is 0 Å². The Morgan fingerprint density at radius 3 is 1.57 bits per heavy atom. The summed E-state index contributed by atoms with van der Waals surface area (Å²) in [5.41, 5.74) is -0.0311. The number of hydrogen-bond donors (Lipinski definition) is 4. The van der Waals surface area contributed by atoms with Crippen LogP contribution in [0.5, 0.6) is 23.0 Å².